The van der Waals surface area contributed by atoms with Crippen molar-refractivity contribution in [1.82, 2.24) is 4.98 Å². The lowest BCUT2D eigenvalue weighted by molar-refractivity contribution is -0.384. The van der Waals surface area contributed by atoms with E-state index in [-0.39, 0.29) is 17.5 Å². The first-order chi connectivity index (χ1) is 7.61. The molecule has 7 heteroatoms. The van der Waals surface area contributed by atoms with Crippen molar-refractivity contribution >= 4 is 22.7 Å². The highest BCUT2D eigenvalue weighted by Crippen LogP contribution is 2.21. The Morgan fingerprint density at radius 3 is 3.00 bits per heavy atom. The third-order valence-electron chi connectivity index (χ3n) is 1.98. The van der Waals surface area contributed by atoms with Crippen molar-refractivity contribution in [1.29, 1.82) is 5.41 Å². The summed E-state index contributed by atoms with van der Waals surface area (Å²) in [6.07, 6.45) is 0. The van der Waals surface area contributed by atoms with Crippen LogP contribution in [0.4, 0.5) is 5.69 Å². The molecule has 2 rings (SSSR count). The normalized spacial score (nSPS) is 10.3. The summed E-state index contributed by atoms with van der Waals surface area (Å²) in [6, 6.07) is 4.03. The largest absolute Gasteiger partial charge is 0.478 e. The lowest BCUT2D eigenvalue weighted by Crippen LogP contribution is -2.00. The second kappa shape index (κ2) is 3.61. The zero-order valence-corrected chi connectivity index (χ0v) is 8.26. The quantitative estimate of drug-likeness (QED) is 0.360. The van der Waals surface area contributed by atoms with Gasteiger partial charge in [-0.2, -0.15) is 0 Å². The number of ether oxygens (including phenoxy) is 1. The fraction of sp³-hybridized carbons (Fsp3) is 0.111. The maximum absolute atomic E-state index is 10.5. The van der Waals surface area contributed by atoms with Gasteiger partial charge in [0.25, 0.3) is 17.5 Å². The van der Waals surface area contributed by atoms with Crippen molar-refractivity contribution in [3.8, 4) is 0 Å². The summed E-state index contributed by atoms with van der Waals surface area (Å²) < 4.78 is 9.81. The number of nitro groups is 1. The van der Waals surface area contributed by atoms with Crippen LogP contribution in [0.1, 0.15) is 5.89 Å². The number of hydrogen-bond donors (Lipinski definition) is 1. The van der Waals surface area contributed by atoms with Gasteiger partial charge in [0, 0.05) is 12.1 Å². The molecule has 2 aromatic rings. The maximum atomic E-state index is 10.5. The number of nitro benzene ring substituents is 1. The Morgan fingerprint density at radius 1 is 1.62 bits per heavy atom. The molecule has 0 aliphatic heterocycles. The van der Waals surface area contributed by atoms with E-state index in [1.165, 1.54) is 25.3 Å². The Balaban J connectivity index is 2.54. The highest BCUT2D eigenvalue weighted by Gasteiger charge is 2.14. The van der Waals surface area contributed by atoms with Crippen LogP contribution in [0.15, 0.2) is 22.6 Å². The summed E-state index contributed by atoms with van der Waals surface area (Å²) in [5.74, 6) is -0.225. The summed E-state index contributed by atoms with van der Waals surface area (Å²) in [5.41, 5.74) is 0.629. The van der Waals surface area contributed by atoms with Crippen molar-refractivity contribution in [2.75, 3.05) is 7.11 Å². The van der Waals surface area contributed by atoms with Crippen molar-refractivity contribution in [3.05, 3.63) is 34.2 Å². The molecule has 0 saturated heterocycles. The number of aromatic nitrogens is 1. The van der Waals surface area contributed by atoms with Crippen LogP contribution in [0.5, 0.6) is 0 Å². The van der Waals surface area contributed by atoms with E-state index in [2.05, 4.69) is 9.72 Å². The van der Waals surface area contributed by atoms with Crippen LogP contribution in [-0.2, 0) is 4.74 Å². The number of rotatable bonds is 2. The Labute approximate surface area is 89.3 Å². The van der Waals surface area contributed by atoms with Crippen molar-refractivity contribution in [2.24, 2.45) is 0 Å². The highest BCUT2D eigenvalue weighted by molar-refractivity contribution is 5.90. The first kappa shape index (κ1) is 10.1. The molecule has 0 atom stereocenters. The molecule has 7 nitrogen and oxygen atoms in total. The highest BCUT2D eigenvalue weighted by atomic mass is 16.6. The monoisotopic (exact) mass is 221 g/mol. The van der Waals surface area contributed by atoms with Crippen molar-refractivity contribution < 1.29 is 14.1 Å². The number of non-ortho nitro benzene ring substituents is 1. The fourth-order valence-electron chi connectivity index (χ4n) is 1.21. The molecule has 0 fully saturated rings. The van der Waals surface area contributed by atoms with Gasteiger partial charge in [-0.25, -0.2) is 4.98 Å². The van der Waals surface area contributed by atoms with Gasteiger partial charge in [0.15, 0.2) is 5.58 Å². The molecule has 0 aliphatic rings. The summed E-state index contributed by atoms with van der Waals surface area (Å²) in [7, 11) is 1.32. The molecule has 16 heavy (non-hydrogen) atoms. The molecule has 0 bridgehead atoms. The van der Waals surface area contributed by atoms with E-state index in [1.807, 2.05) is 0 Å². The second-order valence-corrected chi connectivity index (χ2v) is 2.96. The Kier molecular flexibility index (Phi) is 2.28. The van der Waals surface area contributed by atoms with Crippen LogP contribution < -0.4 is 0 Å². The van der Waals surface area contributed by atoms with Gasteiger partial charge in [-0.15, -0.1) is 0 Å². The van der Waals surface area contributed by atoms with Gasteiger partial charge in [-0.05, 0) is 6.07 Å². The smallest absolute Gasteiger partial charge is 0.283 e. The molecule has 0 aliphatic carbocycles. The second-order valence-electron chi connectivity index (χ2n) is 2.96. The van der Waals surface area contributed by atoms with E-state index in [9.17, 15) is 10.1 Å². The summed E-state index contributed by atoms with van der Waals surface area (Å²) >= 11 is 0. The van der Waals surface area contributed by atoms with Crippen LogP contribution >= 0.6 is 0 Å². The minimum absolute atomic E-state index is 0.00185. The van der Waals surface area contributed by atoms with Crippen LogP contribution in [0.2, 0.25) is 0 Å². The van der Waals surface area contributed by atoms with E-state index in [4.69, 9.17) is 9.83 Å². The van der Waals surface area contributed by atoms with E-state index >= 15 is 0 Å². The van der Waals surface area contributed by atoms with Gasteiger partial charge in [0.05, 0.1) is 12.0 Å². The standard InChI is InChI=1S/C9H7N3O4/c1-15-8(10)9-11-6-4-5(12(13)14)2-3-7(6)16-9/h2-4,10H,1H3. The number of benzene rings is 1. The first-order valence-corrected chi connectivity index (χ1v) is 4.29. The van der Waals surface area contributed by atoms with Gasteiger partial charge >= 0.3 is 0 Å². The molecule has 1 aromatic carbocycles. The van der Waals surface area contributed by atoms with Gasteiger partial charge in [-0.3, -0.25) is 15.5 Å². The molecular weight excluding hydrogens is 214 g/mol. The van der Waals surface area contributed by atoms with Crippen LogP contribution in [0.25, 0.3) is 11.1 Å². The predicted molar refractivity (Wildman–Crippen MR) is 54.5 cm³/mol. The number of nitrogens with one attached hydrogen (secondary N) is 1. The number of hydrogen-bond acceptors (Lipinski definition) is 6. The van der Waals surface area contributed by atoms with E-state index < -0.39 is 4.92 Å². The lowest BCUT2D eigenvalue weighted by atomic mass is 10.3. The van der Waals surface area contributed by atoms with Crippen molar-refractivity contribution in [3.63, 3.8) is 0 Å². The van der Waals surface area contributed by atoms with Gasteiger partial charge < -0.3 is 9.15 Å². The van der Waals surface area contributed by atoms with E-state index in [0.717, 1.165) is 0 Å². The first-order valence-electron chi connectivity index (χ1n) is 4.29. The van der Waals surface area contributed by atoms with Crippen molar-refractivity contribution in [2.45, 2.75) is 0 Å². The average Bonchev–Trinajstić information content (AvgIpc) is 2.70. The molecule has 1 heterocycles. The summed E-state index contributed by atoms with van der Waals surface area (Å²) in [5, 5.41) is 17.9. The Bertz CT molecular complexity index is 575. The average molecular weight is 221 g/mol. The minimum atomic E-state index is -0.518. The van der Waals surface area contributed by atoms with Crippen LogP contribution in [-0.4, -0.2) is 22.9 Å². The predicted octanol–water partition coefficient (Wildman–Crippen LogP) is 1.71. The minimum Gasteiger partial charge on any atom is -0.478 e. The van der Waals surface area contributed by atoms with Crippen LogP contribution in [0.3, 0.4) is 0 Å². The van der Waals surface area contributed by atoms with Gasteiger partial charge in [0.1, 0.15) is 5.52 Å². The molecule has 0 saturated carbocycles. The molecule has 0 radical (unpaired) electrons. The summed E-state index contributed by atoms with van der Waals surface area (Å²) in [4.78, 5) is 13.9. The number of methoxy groups -OCH3 is 1. The topological polar surface area (TPSA) is 102 Å². The maximum Gasteiger partial charge on any atom is 0.283 e. The molecular formula is C9H7N3O4. The Hall–Kier alpha value is -2.44. The Morgan fingerprint density at radius 2 is 2.38 bits per heavy atom. The third-order valence-corrected chi connectivity index (χ3v) is 1.98. The summed E-state index contributed by atoms with van der Waals surface area (Å²) in [6.45, 7) is 0. The molecule has 1 N–H and O–H groups in total. The van der Waals surface area contributed by atoms with Gasteiger partial charge in [-0.1, -0.05) is 0 Å². The SMILES string of the molecule is COC(=N)c1nc2cc([N+](=O)[O-])ccc2o1. The molecule has 82 valence electrons. The molecule has 0 spiro atoms. The molecule has 1 aromatic heterocycles. The number of nitrogens with zero attached hydrogens (tertiary/aromatic N) is 2. The fourth-order valence-corrected chi connectivity index (χ4v) is 1.21. The van der Waals surface area contributed by atoms with Gasteiger partial charge in [0.2, 0.25) is 0 Å². The van der Waals surface area contributed by atoms with Crippen LogP contribution in [0, 0.1) is 15.5 Å². The third kappa shape index (κ3) is 1.58. The van der Waals surface area contributed by atoms with E-state index in [1.54, 1.807) is 0 Å². The number of oxazole rings is 1. The lowest BCUT2D eigenvalue weighted by Gasteiger charge is -1.92. The van der Waals surface area contributed by atoms with E-state index in [0.29, 0.717) is 11.1 Å². The molecule has 0 unspecified atom stereocenters. The number of fused-ring (bicyclic) bond motifs is 1. The molecule has 0 amide bonds. The zero-order chi connectivity index (χ0) is 11.7. The zero-order valence-electron chi connectivity index (χ0n) is 8.26.